The van der Waals surface area contributed by atoms with Crippen molar-refractivity contribution in [3.8, 4) is 0 Å². The molecule has 2 heterocycles. The summed E-state index contributed by atoms with van der Waals surface area (Å²) < 4.78 is 28.0. The summed E-state index contributed by atoms with van der Waals surface area (Å²) in [4.78, 5) is 0.525. The van der Waals surface area contributed by atoms with E-state index in [1.807, 2.05) is 40.8 Å². The van der Waals surface area contributed by atoms with Crippen molar-refractivity contribution in [3.63, 3.8) is 0 Å². The van der Waals surface area contributed by atoms with Gasteiger partial charge in [0.15, 0.2) is 0 Å². The molecular weight excluding hydrogens is 282 g/mol. The van der Waals surface area contributed by atoms with Gasteiger partial charge in [-0.15, -0.1) is 0 Å². The zero-order valence-electron chi connectivity index (χ0n) is 12.3. The lowest BCUT2D eigenvalue weighted by molar-refractivity contribution is 0.125. The van der Waals surface area contributed by atoms with Crippen molar-refractivity contribution in [2.75, 3.05) is 0 Å². The summed E-state index contributed by atoms with van der Waals surface area (Å²) in [5.74, 6) is 0. The van der Waals surface area contributed by atoms with Crippen LogP contribution in [0.1, 0.15) is 44.9 Å². The maximum absolute atomic E-state index is 13.1. The van der Waals surface area contributed by atoms with Crippen LogP contribution < -0.4 is 0 Å². The molecule has 0 aromatic heterocycles. The molecule has 0 atom stereocenters. The number of rotatable bonds is 2. The van der Waals surface area contributed by atoms with Gasteiger partial charge in [0.2, 0.25) is 10.0 Å². The minimum atomic E-state index is -3.34. The van der Waals surface area contributed by atoms with Crippen LogP contribution in [-0.4, -0.2) is 24.8 Å². The molecule has 0 saturated carbocycles. The van der Waals surface area contributed by atoms with Crippen molar-refractivity contribution >= 4 is 10.0 Å². The third-order valence-corrected chi connectivity index (χ3v) is 6.78. The number of piperidine rings is 2. The predicted molar refractivity (Wildman–Crippen MR) is 86.2 cm³/mol. The van der Waals surface area contributed by atoms with Gasteiger partial charge in [0.25, 0.3) is 0 Å². The van der Waals surface area contributed by atoms with Gasteiger partial charge in [-0.2, -0.15) is 4.31 Å². The van der Waals surface area contributed by atoms with Crippen LogP contribution in [0.15, 0.2) is 47.4 Å². The molecular formula is C17H23NO2S. The van der Waals surface area contributed by atoms with Crippen LogP contribution in [0.2, 0.25) is 0 Å². The maximum Gasteiger partial charge on any atom is 0.240 e. The fraction of sp³-hybridized carbons (Fsp3) is 0.529. The molecule has 0 N–H and O–H groups in total. The van der Waals surface area contributed by atoms with Gasteiger partial charge in [-0.3, -0.25) is 0 Å². The van der Waals surface area contributed by atoms with Crippen LogP contribution in [0.3, 0.4) is 0 Å². The molecule has 3 aliphatic rings. The van der Waals surface area contributed by atoms with Crippen molar-refractivity contribution in [2.45, 2.75) is 57.0 Å². The summed E-state index contributed by atoms with van der Waals surface area (Å²) in [5.41, 5.74) is 0. The topological polar surface area (TPSA) is 37.4 Å². The molecule has 114 valence electrons. The number of nitrogens with zero attached hydrogens (tertiary/aromatic N) is 1. The fourth-order valence-electron chi connectivity index (χ4n) is 3.68. The third kappa shape index (κ3) is 3.06. The van der Waals surface area contributed by atoms with Crippen LogP contribution >= 0.6 is 0 Å². The van der Waals surface area contributed by atoms with Gasteiger partial charge in [-0.25, -0.2) is 8.42 Å². The van der Waals surface area contributed by atoms with Crippen LogP contribution in [0.25, 0.3) is 0 Å². The molecule has 0 spiro atoms. The second kappa shape index (κ2) is 6.32. The number of hydrogen-bond donors (Lipinski definition) is 0. The molecule has 3 nitrogen and oxygen atoms in total. The van der Waals surface area contributed by atoms with Gasteiger partial charge in [0.05, 0.1) is 4.91 Å². The Hall–Kier alpha value is -1.13. The first-order chi connectivity index (χ1) is 10.2. The summed E-state index contributed by atoms with van der Waals surface area (Å²) in [7, 11) is -3.34. The molecule has 21 heavy (non-hydrogen) atoms. The van der Waals surface area contributed by atoms with E-state index in [4.69, 9.17) is 0 Å². The monoisotopic (exact) mass is 305 g/mol. The summed E-state index contributed by atoms with van der Waals surface area (Å²) in [6.07, 6.45) is 20.1. The zero-order valence-corrected chi connectivity index (χ0v) is 13.1. The molecule has 2 aliphatic heterocycles. The van der Waals surface area contributed by atoms with E-state index in [1.165, 1.54) is 12.8 Å². The SMILES string of the molecule is O=S(=O)(/C1=C/C=C\C=C/C=C\C1)N1C2CCCC1CCC2. The number of allylic oxidation sites excluding steroid dienone is 8. The average Bonchev–Trinajstić information content (AvgIpc) is 2.60. The van der Waals surface area contributed by atoms with E-state index >= 15 is 0 Å². The van der Waals surface area contributed by atoms with E-state index in [9.17, 15) is 8.42 Å². The zero-order chi connectivity index (χ0) is 14.7. The smallest absolute Gasteiger partial charge is 0.207 e. The lowest BCUT2D eigenvalue weighted by atomic mass is 9.87. The predicted octanol–water partition coefficient (Wildman–Crippen LogP) is 3.68. The Morgan fingerprint density at radius 3 is 2.10 bits per heavy atom. The fourth-order valence-corrected chi connectivity index (χ4v) is 5.71. The highest BCUT2D eigenvalue weighted by molar-refractivity contribution is 7.93. The Labute approximate surface area is 127 Å². The van der Waals surface area contributed by atoms with E-state index in [0.29, 0.717) is 11.3 Å². The van der Waals surface area contributed by atoms with Crippen molar-refractivity contribution < 1.29 is 8.42 Å². The van der Waals surface area contributed by atoms with Crippen LogP contribution in [0.5, 0.6) is 0 Å². The molecule has 0 unspecified atom stereocenters. The summed E-state index contributed by atoms with van der Waals surface area (Å²) in [6.45, 7) is 0. The van der Waals surface area contributed by atoms with Crippen molar-refractivity contribution in [1.82, 2.24) is 4.31 Å². The average molecular weight is 305 g/mol. The molecule has 0 radical (unpaired) electrons. The first-order valence-corrected chi connectivity index (χ1v) is 9.36. The number of hydrogen-bond acceptors (Lipinski definition) is 2. The number of sulfonamides is 1. The molecule has 0 aromatic rings. The Morgan fingerprint density at radius 1 is 0.857 bits per heavy atom. The van der Waals surface area contributed by atoms with Gasteiger partial charge in [-0.05, 0) is 31.8 Å². The Kier molecular flexibility index (Phi) is 4.45. The molecule has 0 amide bonds. The third-order valence-electron chi connectivity index (χ3n) is 4.66. The maximum atomic E-state index is 13.1. The Morgan fingerprint density at radius 2 is 1.43 bits per heavy atom. The Bertz CT molecular complexity index is 576. The van der Waals surface area contributed by atoms with E-state index in [2.05, 4.69) is 0 Å². The van der Waals surface area contributed by atoms with Gasteiger partial charge in [-0.1, -0.05) is 49.3 Å². The van der Waals surface area contributed by atoms with Crippen molar-refractivity contribution in [2.24, 2.45) is 0 Å². The summed E-state index contributed by atoms with van der Waals surface area (Å²) in [6, 6.07) is 0.448. The van der Waals surface area contributed by atoms with Gasteiger partial charge in [0, 0.05) is 18.5 Å². The molecule has 4 heteroatoms. The van der Waals surface area contributed by atoms with Crippen LogP contribution in [0, 0.1) is 0 Å². The molecule has 2 bridgehead atoms. The second-order valence-electron chi connectivity index (χ2n) is 6.04. The van der Waals surface area contributed by atoms with Crippen molar-refractivity contribution in [3.05, 3.63) is 47.4 Å². The highest BCUT2D eigenvalue weighted by atomic mass is 32.2. The highest BCUT2D eigenvalue weighted by Crippen LogP contribution is 2.38. The summed E-state index contributed by atoms with van der Waals surface area (Å²) in [5, 5.41) is 0. The lowest BCUT2D eigenvalue weighted by Gasteiger charge is -2.45. The van der Waals surface area contributed by atoms with Gasteiger partial charge < -0.3 is 0 Å². The molecule has 0 aromatic carbocycles. The van der Waals surface area contributed by atoms with E-state index in [-0.39, 0.29) is 12.1 Å². The van der Waals surface area contributed by atoms with Crippen molar-refractivity contribution in [1.29, 1.82) is 0 Å². The van der Waals surface area contributed by atoms with E-state index in [0.717, 1.165) is 25.7 Å². The van der Waals surface area contributed by atoms with Crippen LogP contribution in [-0.2, 0) is 10.0 Å². The highest BCUT2D eigenvalue weighted by Gasteiger charge is 2.42. The quantitative estimate of drug-likeness (QED) is 0.780. The molecule has 2 saturated heterocycles. The largest absolute Gasteiger partial charge is 0.240 e. The first kappa shape index (κ1) is 14.8. The second-order valence-corrected chi connectivity index (χ2v) is 7.94. The minimum Gasteiger partial charge on any atom is -0.207 e. The summed E-state index contributed by atoms with van der Waals surface area (Å²) >= 11 is 0. The lowest BCUT2D eigenvalue weighted by Crippen LogP contribution is -2.52. The van der Waals surface area contributed by atoms with E-state index in [1.54, 1.807) is 6.08 Å². The number of fused-ring (bicyclic) bond motifs is 2. The van der Waals surface area contributed by atoms with Gasteiger partial charge in [0.1, 0.15) is 0 Å². The minimum absolute atomic E-state index is 0.224. The standard InChI is InChI=1S/C17H23NO2S/c19-21(20,17-13-5-3-1-2-4-6-14-17)18-15-9-7-10-16(18)12-8-11-15/h1-6,13,15-16H,7-12,14H2/b2-1-,5-3-,6-4-,17-13+. The van der Waals surface area contributed by atoms with Crippen LogP contribution in [0.4, 0.5) is 0 Å². The molecule has 2 fully saturated rings. The van der Waals surface area contributed by atoms with Gasteiger partial charge >= 0.3 is 0 Å². The molecule has 3 rings (SSSR count). The Balaban J connectivity index is 1.92. The van der Waals surface area contributed by atoms with E-state index < -0.39 is 10.0 Å². The molecule has 1 aliphatic carbocycles. The first-order valence-electron chi connectivity index (χ1n) is 7.92. The normalized spacial score (nSPS) is 37.4.